The zero-order valence-electron chi connectivity index (χ0n) is 29.7. The number of alkyl halides is 6. The molecule has 4 aromatic carbocycles. The topological polar surface area (TPSA) is 0 Å². The first-order valence-corrected chi connectivity index (χ1v) is 20.8. The van der Waals surface area contributed by atoms with Crippen molar-refractivity contribution < 1.29 is 47.6 Å². The average molecular weight is 764 g/mol. The molecule has 6 rings (SSSR count). The van der Waals surface area contributed by atoms with Gasteiger partial charge in [0.1, 0.15) is 0 Å². The molecule has 0 unspecified atom stereocenters. The second kappa shape index (κ2) is 12.7. The van der Waals surface area contributed by atoms with Gasteiger partial charge in [0.25, 0.3) is 0 Å². The van der Waals surface area contributed by atoms with Crippen LogP contribution in [-0.2, 0) is 44.4 Å². The van der Waals surface area contributed by atoms with Crippen LogP contribution in [0.4, 0.5) is 26.3 Å². The van der Waals surface area contributed by atoms with Gasteiger partial charge in [0.2, 0.25) is 0 Å². The van der Waals surface area contributed by atoms with Crippen molar-refractivity contribution >= 4 is 3.21 Å². The van der Waals surface area contributed by atoms with Gasteiger partial charge in [-0.2, -0.15) is 0 Å². The maximum atomic E-state index is 13.8. The normalized spacial score (nSPS) is 14.9. The fraction of sp³-hybridized carbons (Fsp3) is 0.326. The number of allylic oxidation sites excluding steroid dienone is 4. The van der Waals surface area contributed by atoms with E-state index in [-0.39, 0.29) is 14.5 Å². The number of fused-ring (bicyclic) bond motifs is 3. The van der Waals surface area contributed by atoms with Crippen molar-refractivity contribution in [1.82, 2.24) is 0 Å². The molecule has 4 aromatic rings. The summed E-state index contributed by atoms with van der Waals surface area (Å²) in [5.41, 5.74) is 9.14. The van der Waals surface area contributed by atoms with E-state index in [1.165, 1.54) is 72.1 Å². The molecule has 0 saturated carbocycles. The summed E-state index contributed by atoms with van der Waals surface area (Å²) >= 11 is -3.38. The third-order valence-corrected chi connectivity index (χ3v) is 18.3. The molecule has 7 heteroatoms. The van der Waals surface area contributed by atoms with Gasteiger partial charge in [-0.25, -0.2) is 0 Å². The monoisotopic (exact) mass is 762 g/mol. The molecule has 0 N–H and O–H groups in total. The third kappa shape index (κ3) is 6.84. The van der Waals surface area contributed by atoms with E-state index < -0.39 is 44.7 Å². The Hall–Kier alpha value is -3.31. The van der Waals surface area contributed by atoms with Crippen molar-refractivity contribution in [3.8, 4) is 11.1 Å². The minimum absolute atomic E-state index is 0.0476. The van der Waals surface area contributed by atoms with Crippen molar-refractivity contribution in [2.75, 3.05) is 0 Å². The molecular weight excluding hydrogens is 722 g/mol. The number of hydrogen-bond donors (Lipinski definition) is 0. The molecule has 0 fully saturated rings. The first-order chi connectivity index (χ1) is 23.2. The first-order valence-electron chi connectivity index (χ1n) is 16.9. The fourth-order valence-corrected chi connectivity index (χ4v) is 16.7. The van der Waals surface area contributed by atoms with Crippen molar-refractivity contribution in [2.24, 2.45) is 0 Å². The SMILES string of the molecule is Cc1cc2c(cc1C(C)(C)C)-c1cc(C(C)(C)C)c(C)cc1[CH]2[Zr]([C]1=CC=CC1)=[C](c1ccc(C(F)(F)F)cc1)c1ccc(C(F)(F)F)cc1. The summed E-state index contributed by atoms with van der Waals surface area (Å²) in [4.78, 5) is 0. The Morgan fingerprint density at radius 2 is 1.00 bits per heavy atom. The van der Waals surface area contributed by atoms with Crippen LogP contribution in [0.15, 0.2) is 94.3 Å². The molecule has 0 nitrogen and oxygen atoms in total. The van der Waals surface area contributed by atoms with Crippen LogP contribution in [-0.4, -0.2) is 3.21 Å². The van der Waals surface area contributed by atoms with Gasteiger partial charge in [-0.05, 0) is 0 Å². The molecule has 0 amide bonds. The predicted octanol–water partition coefficient (Wildman–Crippen LogP) is 12.7. The first kappa shape index (κ1) is 36.5. The van der Waals surface area contributed by atoms with Crippen LogP contribution < -0.4 is 0 Å². The van der Waals surface area contributed by atoms with Crippen LogP contribution in [0.2, 0.25) is 0 Å². The molecule has 260 valence electrons. The Kier molecular flexibility index (Phi) is 9.28. The van der Waals surface area contributed by atoms with Crippen molar-refractivity contribution in [1.29, 1.82) is 0 Å². The summed E-state index contributed by atoms with van der Waals surface area (Å²) in [7, 11) is 0. The van der Waals surface area contributed by atoms with Crippen LogP contribution in [0, 0.1) is 13.8 Å². The predicted molar refractivity (Wildman–Crippen MR) is 189 cm³/mol. The van der Waals surface area contributed by atoms with Gasteiger partial charge in [0, 0.05) is 0 Å². The standard InChI is InChI=1S/C23H29.C15H8F6.C5H5.Zr/c1-14-9-16-11-17-10-15(2)21(23(6,7)8)13-19(17)18(16)12-20(14)22(3,4)5;16-14(17,18)12-5-1-10(2-6-12)9-11-3-7-13(8-4-11)15(19,20)21;1-2-4-5-3-1;/h9-13H,1-8H3;1-8H;1-3H,4H2;. The van der Waals surface area contributed by atoms with Crippen molar-refractivity contribution in [3.63, 3.8) is 0 Å². The molecule has 2 aliphatic rings. The Morgan fingerprint density at radius 1 is 0.600 bits per heavy atom. The number of aryl methyl sites for hydroxylation is 2. The van der Waals surface area contributed by atoms with Crippen LogP contribution in [0.1, 0.15) is 107 Å². The van der Waals surface area contributed by atoms with Gasteiger partial charge in [0.05, 0.1) is 0 Å². The third-order valence-electron chi connectivity index (χ3n) is 10.00. The van der Waals surface area contributed by atoms with E-state index >= 15 is 0 Å². The zero-order valence-corrected chi connectivity index (χ0v) is 32.2. The van der Waals surface area contributed by atoms with Crippen LogP contribution in [0.5, 0.6) is 0 Å². The molecule has 0 atom stereocenters. The summed E-state index contributed by atoms with van der Waals surface area (Å²) in [6, 6.07) is 19.7. The van der Waals surface area contributed by atoms with Gasteiger partial charge < -0.3 is 0 Å². The van der Waals surface area contributed by atoms with E-state index in [2.05, 4.69) is 91.8 Å². The van der Waals surface area contributed by atoms with E-state index in [4.69, 9.17) is 0 Å². The van der Waals surface area contributed by atoms with Crippen LogP contribution in [0.3, 0.4) is 0 Å². The Balaban J connectivity index is 1.74. The van der Waals surface area contributed by atoms with E-state index in [1.807, 2.05) is 6.08 Å². The molecule has 0 saturated heterocycles. The summed E-state index contributed by atoms with van der Waals surface area (Å²) in [6.07, 6.45) is -2.04. The Morgan fingerprint density at radius 3 is 1.32 bits per heavy atom. The molecule has 0 spiro atoms. The molecular formula is C43H42F6Zr. The number of hydrogen-bond acceptors (Lipinski definition) is 0. The molecule has 50 heavy (non-hydrogen) atoms. The molecule has 0 bridgehead atoms. The van der Waals surface area contributed by atoms with Gasteiger partial charge >= 0.3 is 301 Å². The second-order valence-electron chi connectivity index (χ2n) is 15.7. The van der Waals surface area contributed by atoms with E-state index in [9.17, 15) is 26.3 Å². The molecule has 0 aliphatic heterocycles. The van der Waals surface area contributed by atoms with Gasteiger partial charge in [-0.15, -0.1) is 0 Å². The van der Waals surface area contributed by atoms with Crippen molar-refractivity contribution in [2.45, 2.75) is 88.6 Å². The minimum atomic E-state index is -4.51. The molecule has 0 heterocycles. The maximum absolute atomic E-state index is 13.8. The van der Waals surface area contributed by atoms with Gasteiger partial charge in [-0.3, -0.25) is 0 Å². The van der Waals surface area contributed by atoms with Gasteiger partial charge in [-0.1, -0.05) is 0 Å². The zero-order chi connectivity index (χ0) is 36.6. The van der Waals surface area contributed by atoms with Crippen LogP contribution in [0.25, 0.3) is 11.1 Å². The summed E-state index contributed by atoms with van der Waals surface area (Å²) in [5.74, 6) is 0. The van der Waals surface area contributed by atoms with E-state index in [0.29, 0.717) is 17.5 Å². The molecule has 2 aliphatic carbocycles. The van der Waals surface area contributed by atoms with Crippen molar-refractivity contribution in [3.05, 3.63) is 150 Å². The molecule has 0 radical (unpaired) electrons. The fourth-order valence-electron chi connectivity index (χ4n) is 7.77. The quantitative estimate of drug-likeness (QED) is 0.182. The number of rotatable bonds is 4. The number of halogens is 6. The average Bonchev–Trinajstić information content (AvgIpc) is 3.64. The Labute approximate surface area is 299 Å². The number of benzene rings is 4. The van der Waals surface area contributed by atoms with E-state index in [1.54, 1.807) is 0 Å². The second-order valence-corrected chi connectivity index (χ2v) is 22.0. The summed E-state index contributed by atoms with van der Waals surface area (Å²) in [6.45, 7) is 17.5. The molecule has 0 aromatic heterocycles. The summed E-state index contributed by atoms with van der Waals surface area (Å²) in [5, 5.41) is 0. The Bertz CT molecular complexity index is 1930. The summed E-state index contributed by atoms with van der Waals surface area (Å²) < 4.78 is 84.7. The van der Waals surface area contributed by atoms with Crippen LogP contribution >= 0.6 is 0 Å². The van der Waals surface area contributed by atoms with E-state index in [0.717, 1.165) is 27.5 Å². The van der Waals surface area contributed by atoms with Gasteiger partial charge in [0.15, 0.2) is 0 Å².